The van der Waals surface area contributed by atoms with Crippen LogP contribution in [0.15, 0.2) is 36.0 Å². The second-order valence-corrected chi connectivity index (χ2v) is 4.83. The van der Waals surface area contributed by atoms with E-state index in [1.807, 2.05) is 6.08 Å². The molecule has 1 aliphatic carbocycles. The molecule has 0 spiro atoms. The highest BCUT2D eigenvalue weighted by Gasteiger charge is 2.12. The van der Waals surface area contributed by atoms with Gasteiger partial charge >= 0.3 is 5.97 Å². The molecule has 5 nitrogen and oxygen atoms in total. The van der Waals surface area contributed by atoms with Crippen molar-refractivity contribution in [3.63, 3.8) is 0 Å². The Morgan fingerprint density at radius 3 is 2.67 bits per heavy atom. The number of esters is 1. The third kappa shape index (κ3) is 4.34. The average molecular weight is 288 g/mol. The minimum absolute atomic E-state index is 0.128. The van der Waals surface area contributed by atoms with Gasteiger partial charge in [0.1, 0.15) is 0 Å². The summed E-state index contributed by atoms with van der Waals surface area (Å²) in [7, 11) is 0. The topological polar surface area (TPSA) is 67.4 Å². The Morgan fingerprint density at radius 1 is 1.19 bits per heavy atom. The fourth-order valence-corrected chi connectivity index (χ4v) is 2.09. The quantitative estimate of drug-likeness (QED) is 0.644. The number of carbonyl (C=O) groups is 2. The molecule has 0 fully saturated rings. The molecule has 0 radical (unpaired) electrons. The van der Waals surface area contributed by atoms with Gasteiger partial charge in [-0.3, -0.25) is 10.2 Å². The monoisotopic (exact) mass is 288 g/mol. The molecule has 21 heavy (non-hydrogen) atoms. The molecule has 2 N–H and O–H groups in total. The number of anilines is 1. The summed E-state index contributed by atoms with van der Waals surface area (Å²) in [4.78, 5) is 23.3. The number of hydrazine groups is 1. The third-order valence-corrected chi connectivity index (χ3v) is 3.24. The van der Waals surface area contributed by atoms with Crippen molar-refractivity contribution in [1.29, 1.82) is 0 Å². The van der Waals surface area contributed by atoms with Crippen molar-refractivity contribution in [2.45, 2.75) is 32.6 Å². The van der Waals surface area contributed by atoms with E-state index >= 15 is 0 Å². The zero-order valence-corrected chi connectivity index (χ0v) is 12.1. The molecule has 0 bridgehead atoms. The lowest BCUT2D eigenvalue weighted by atomic mass is 10.2. The average Bonchev–Trinajstić information content (AvgIpc) is 2.70. The van der Waals surface area contributed by atoms with Crippen LogP contribution < -0.4 is 10.9 Å². The predicted molar refractivity (Wildman–Crippen MR) is 80.7 cm³/mol. The number of carbonyl (C=O) groups excluding carboxylic acids is 2. The number of hydrogen-bond acceptors (Lipinski definition) is 5. The lowest BCUT2D eigenvalue weighted by Crippen LogP contribution is -2.25. The highest BCUT2D eigenvalue weighted by Crippen LogP contribution is 2.14. The van der Waals surface area contributed by atoms with Crippen LogP contribution in [0.4, 0.5) is 5.69 Å². The van der Waals surface area contributed by atoms with Crippen LogP contribution >= 0.6 is 0 Å². The molecule has 0 atom stereocenters. The largest absolute Gasteiger partial charge is 0.462 e. The van der Waals surface area contributed by atoms with Crippen molar-refractivity contribution in [2.24, 2.45) is 0 Å². The van der Waals surface area contributed by atoms with Crippen LogP contribution in [0.25, 0.3) is 0 Å². The molecule has 0 saturated carbocycles. The molecule has 1 aliphatic rings. The summed E-state index contributed by atoms with van der Waals surface area (Å²) in [5, 5.41) is 0. The van der Waals surface area contributed by atoms with Crippen LogP contribution in [0.1, 0.15) is 43.0 Å². The Kier molecular flexibility index (Phi) is 5.37. The van der Waals surface area contributed by atoms with E-state index < -0.39 is 0 Å². The molecule has 2 rings (SSSR count). The number of nitrogens with one attached hydrogen (secondary N) is 2. The molecule has 1 aromatic carbocycles. The molecule has 1 aromatic rings. The van der Waals surface area contributed by atoms with Crippen molar-refractivity contribution in [1.82, 2.24) is 5.43 Å². The molecule has 0 aromatic heterocycles. The molecule has 112 valence electrons. The molecular weight excluding hydrogens is 268 g/mol. The van der Waals surface area contributed by atoms with E-state index in [2.05, 4.69) is 10.9 Å². The summed E-state index contributed by atoms with van der Waals surface area (Å²) in [5.41, 5.74) is 7.82. The van der Waals surface area contributed by atoms with Gasteiger partial charge in [0.15, 0.2) is 5.78 Å². The normalized spacial score (nSPS) is 14.9. The van der Waals surface area contributed by atoms with Gasteiger partial charge in [-0.25, -0.2) is 4.79 Å². The van der Waals surface area contributed by atoms with Crippen LogP contribution in [0, 0.1) is 0 Å². The van der Waals surface area contributed by atoms with Gasteiger partial charge in [-0.2, -0.15) is 0 Å². The maximum Gasteiger partial charge on any atom is 0.338 e. The second-order valence-electron chi connectivity index (χ2n) is 4.83. The van der Waals surface area contributed by atoms with E-state index in [0.717, 1.165) is 24.9 Å². The summed E-state index contributed by atoms with van der Waals surface area (Å²) < 4.78 is 4.92. The molecule has 0 amide bonds. The number of ketones is 1. The Bertz CT molecular complexity index is 535. The number of hydrogen-bond donors (Lipinski definition) is 2. The Labute approximate surface area is 124 Å². The van der Waals surface area contributed by atoms with Gasteiger partial charge in [0.2, 0.25) is 0 Å². The first-order chi connectivity index (χ1) is 10.2. The van der Waals surface area contributed by atoms with Crippen LogP contribution in [0.5, 0.6) is 0 Å². The number of allylic oxidation sites excluding steroid dienone is 2. The number of benzene rings is 1. The van der Waals surface area contributed by atoms with Gasteiger partial charge in [0, 0.05) is 6.42 Å². The highest BCUT2D eigenvalue weighted by molar-refractivity contribution is 5.95. The van der Waals surface area contributed by atoms with Crippen LogP contribution in [0.3, 0.4) is 0 Å². The summed E-state index contributed by atoms with van der Waals surface area (Å²) in [6.07, 6.45) is 5.41. The van der Waals surface area contributed by atoms with Gasteiger partial charge in [-0.15, -0.1) is 0 Å². The first-order valence-corrected chi connectivity index (χ1v) is 7.23. The zero-order valence-electron chi connectivity index (χ0n) is 12.1. The van der Waals surface area contributed by atoms with Crippen molar-refractivity contribution >= 4 is 17.4 Å². The lowest BCUT2D eigenvalue weighted by molar-refractivity contribution is -0.115. The van der Waals surface area contributed by atoms with Crippen molar-refractivity contribution in [2.75, 3.05) is 12.0 Å². The minimum Gasteiger partial charge on any atom is -0.462 e. The Hall–Kier alpha value is -2.30. The summed E-state index contributed by atoms with van der Waals surface area (Å²) >= 11 is 0. The fraction of sp³-hybridized carbons (Fsp3) is 0.375. The van der Waals surface area contributed by atoms with Gasteiger partial charge in [-0.1, -0.05) is 6.08 Å². The van der Waals surface area contributed by atoms with E-state index in [1.54, 1.807) is 31.2 Å². The van der Waals surface area contributed by atoms with E-state index in [1.165, 1.54) is 0 Å². The van der Waals surface area contributed by atoms with Crippen LogP contribution in [0.2, 0.25) is 0 Å². The van der Waals surface area contributed by atoms with Gasteiger partial charge in [0.05, 0.1) is 23.6 Å². The predicted octanol–water partition coefficient (Wildman–Crippen LogP) is 2.81. The maximum absolute atomic E-state index is 11.8. The number of Topliss-reactive ketones (excluding diaryl/α,β-unsaturated/α-hetero) is 1. The van der Waals surface area contributed by atoms with Gasteiger partial charge in [0.25, 0.3) is 0 Å². The van der Waals surface area contributed by atoms with E-state index in [-0.39, 0.29) is 11.8 Å². The van der Waals surface area contributed by atoms with Gasteiger partial charge in [-0.05, 0) is 50.5 Å². The van der Waals surface area contributed by atoms with Crippen molar-refractivity contribution < 1.29 is 14.3 Å². The first-order valence-electron chi connectivity index (χ1n) is 7.23. The summed E-state index contributed by atoms with van der Waals surface area (Å²) in [6.45, 7) is 2.13. The Balaban J connectivity index is 1.93. The smallest absolute Gasteiger partial charge is 0.338 e. The van der Waals surface area contributed by atoms with E-state index in [4.69, 9.17) is 4.74 Å². The van der Waals surface area contributed by atoms with E-state index in [0.29, 0.717) is 24.3 Å². The molecule has 0 heterocycles. The molecular formula is C16H20N2O3. The first kappa shape index (κ1) is 15.1. The number of rotatable bonds is 5. The summed E-state index contributed by atoms with van der Waals surface area (Å²) in [6, 6.07) is 6.90. The number of ether oxygens (including phenoxy) is 1. The minimum atomic E-state index is -0.335. The molecule has 0 saturated heterocycles. The maximum atomic E-state index is 11.8. The zero-order chi connectivity index (χ0) is 15.1. The van der Waals surface area contributed by atoms with Crippen molar-refractivity contribution in [3.05, 3.63) is 41.6 Å². The SMILES string of the molecule is CCOC(=O)c1ccc(NNC2=CCCCCC2=O)cc1. The van der Waals surface area contributed by atoms with E-state index in [9.17, 15) is 9.59 Å². The van der Waals surface area contributed by atoms with Crippen LogP contribution in [-0.4, -0.2) is 18.4 Å². The van der Waals surface area contributed by atoms with Gasteiger partial charge < -0.3 is 10.2 Å². The standard InChI is InChI=1S/C16H20N2O3/c1-2-21-16(20)12-8-10-13(11-9-12)17-18-14-6-4-3-5-7-15(14)19/h6,8-11,17-18H,2-5,7H2,1H3. The third-order valence-electron chi connectivity index (χ3n) is 3.24. The summed E-state index contributed by atoms with van der Waals surface area (Å²) in [5.74, 6) is -0.207. The molecule has 5 heteroatoms. The van der Waals surface area contributed by atoms with Crippen molar-refractivity contribution in [3.8, 4) is 0 Å². The second kappa shape index (κ2) is 7.47. The lowest BCUT2D eigenvalue weighted by Gasteiger charge is -2.11. The molecule has 0 aliphatic heterocycles. The van der Waals surface area contributed by atoms with Crippen LogP contribution in [-0.2, 0) is 9.53 Å². The highest BCUT2D eigenvalue weighted by atomic mass is 16.5. The molecule has 0 unspecified atom stereocenters. The Morgan fingerprint density at radius 2 is 1.95 bits per heavy atom. The fourth-order valence-electron chi connectivity index (χ4n) is 2.09.